The molecule has 0 spiro atoms. The number of hydrogen-bond acceptors (Lipinski definition) is 5. The second-order valence-corrected chi connectivity index (χ2v) is 6.28. The Morgan fingerprint density at radius 2 is 1.62 bits per heavy atom. The predicted octanol–water partition coefficient (Wildman–Crippen LogP) is 3.39. The van der Waals surface area contributed by atoms with Gasteiger partial charge in [0.25, 0.3) is 0 Å². The second kappa shape index (κ2) is 8.32. The molecule has 2 aromatic carbocycles. The van der Waals surface area contributed by atoms with Crippen LogP contribution in [0.2, 0.25) is 0 Å². The van der Waals surface area contributed by atoms with E-state index >= 15 is 0 Å². The van der Waals surface area contributed by atoms with E-state index < -0.39 is 30.5 Å². The number of carbonyl (C=O) groups is 3. The summed E-state index contributed by atoms with van der Waals surface area (Å²) in [4.78, 5) is 37.1. The number of carboxylic acids is 2. The van der Waals surface area contributed by atoms with Gasteiger partial charge in [-0.15, -0.1) is 10.5 Å². The van der Waals surface area contributed by atoms with Gasteiger partial charge in [0.15, 0.2) is 0 Å². The Kier molecular flexibility index (Phi) is 5.66. The van der Waals surface area contributed by atoms with Gasteiger partial charge in [-0.2, -0.15) is 9.71 Å². The molecule has 2 aromatic rings. The van der Waals surface area contributed by atoms with Crippen LogP contribution in [0.25, 0.3) is 21.6 Å². The van der Waals surface area contributed by atoms with E-state index in [1.807, 2.05) is 48.5 Å². The fourth-order valence-electron chi connectivity index (χ4n) is 3.37. The molecule has 1 atom stereocenters. The van der Waals surface area contributed by atoms with Gasteiger partial charge in [0.2, 0.25) is 6.04 Å². The van der Waals surface area contributed by atoms with Crippen molar-refractivity contribution in [3.05, 3.63) is 70.1 Å². The topological polar surface area (TPSA) is 153 Å². The molecule has 1 aliphatic rings. The molecule has 0 bridgehead atoms. The first kappa shape index (κ1) is 19.7. The number of fused-ring (bicyclic) bond motifs is 3. The molecule has 10 nitrogen and oxygen atoms in total. The van der Waals surface area contributed by atoms with E-state index in [4.69, 9.17) is 15.4 Å². The molecule has 1 amide bonds. The number of hydrogen-bond donors (Lipinski definition) is 2. The maximum atomic E-state index is 12.4. The highest BCUT2D eigenvalue weighted by atomic mass is 16.6. The van der Waals surface area contributed by atoms with Crippen molar-refractivity contribution in [2.24, 2.45) is 5.22 Å². The van der Waals surface area contributed by atoms with Crippen LogP contribution in [0.3, 0.4) is 0 Å². The van der Waals surface area contributed by atoms with E-state index in [9.17, 15) is 19.5 Å². The van der Waals surface area contributed by atoms with Gasteiger partial charge < -0.3 is 14.9 Å². The van der Waals surface area contributed by atoms with Crippen molar-refractivity contribution >= 4 is 18.0 Å². The molecule has 3 rings (SSSR count). The summed E-state index contributed by atoms with van der Waals surface area (Å²) in [5.41, 5.74) is 12.6. The highest BCUT2D eigenvalue weighted by molar-refractivity contribution is 5.84. The zero-order chi connectivity index (χ0) is 21.0. The first-order valence-corrected chi connectivity index (χ1v) is 8.57. The fourth-order valence-corrected chi connectivity index (χ4v) is 3.37. The highest BCUT2D eigenvalue weighted by Crippen LogP contribution is 2.44. The Bertz CT molecular complexity index is 972. The Hall–Kier alpha value is -4.04. The molecule has 148 valence electrons. The molecule has 1 aliphatic carbocycles. The largest absolute Gasteiger partial charge is 0.511 e. The van der Waals surface area contributed by atoms with Crippen LogP contribution < -0.4 is 0 Å². The fraction of sp³-hybridized carbons (Fsp3) is 0.211. The average molecular weight is 396 g/mol. The van der Waals surface area contributed by atoms with Crippen LogP contribution in [0.5, 0.6) is 0 Å². The van der Waals surface area contributed by atoms with Gasteiger partial charge in [0.05, 0.1) is 6.42 Å². The monoisotopic (exact) mass is 396 g/mol. The molecule has 10 heteroatoms. The van der Waals surface area contributed by atoms with Crippen LogP contribution in [0.15, 0.2) is 53.8 Å². The lowest BCUT2D eigenvalue weighted by Gasteiger charge is -2.19. The van der Waals surface area contributed by atoms with Crippen molar-refractivity contribution in [2.45, 2.75) is 18.4 Å². The number of benzene rings is 2. The summed E-state index contributed by atoms with van der Waals surface area (Å²) in [6.45, 7) is -0.135. The van der Waals surface area contributed by atoms with Crippen LogP contribution in [0.1, 0.15) is 23.5 Å². The van der Waals surface area contributed by atoms with Gasteiger partial charge in [-0.3, -0.25) is 4.79 Å². The Labute approximate surface area is 164 Å². The standard InChI is InChI=1S/C19H16N4O6/c20-21-22-23(16(18(26)27)9-17(24)25)19(28)29-10-15-13-7-3-1-5-11(13)12-6-2-4-8-14(12)15/h1-8,15-16H,9-10H2,(H,24,25)(H,26,27)/t16-/m0/s1. The minimum atomic E-state index is -1.89. The molecular formula is C19H16N4O6. The molecule has 0 heterocycles. The summed E-state index contributed by atoms with van der Waals surface area (Å²) in [5.74, 6) is -3.39. The molecule has 0 unspecified atom stereocenters. The van der Waals surface area contributed by atoms with Crippen molar-refractivity contribution in [1.82, 2.24) is 5.01 Å². The van der Waals surface area contributed by atoms with E-state index in [0.717, 1.165) is 22.3 Å². The van der Waals surface area contributed by atoms with Crippen LogP contribution >= 0.6 is 0 Å². The predicted molar refractivity (Wildman–Crippen MR) is 99.7 cm³/mol. The number of nitrogens with zero attached hydrogens (tertiary/aromatic N) is 4. The first-order chi connectivity index (χ1) is 13.9. The van der Waals surface area contributed by atoms with Crippen molar-refractivity contribution in [1.29, 1.82) is 0 Å². The van der Waals surface area contributed by atoms with Crippen LogP contribution in [-0.4, -0.2) is 45.9 Å². The van der Waals surface area contributed by atoms with Gasteiger partial charge in [0.1, 0.15) is 6.61 Å². The minimum Gasteiger partial charge on any atom is -0.481 e. The Morgan fingerprint density at radius 1 is 1.07 bits per heavy atom. The van der Waals surface area contributed by atoms with E-state index in [1.165, 1.54) is 0 Å². The number of ether oxygens (including phenoxy) is 1. The molecule has 2 N–H and O–H groups in total. The van der Waals surface area contributed by atoms with Crippen LogP contribution in [0, 0.1) is 0 Å². The van der Waals surface area contributed by atoms with Crippen molar-refractivity contribution in [2.75, 3.05) is 6.61 Å². The summed E-state index contributed by atoms with van der Waals surface area (Å²) < 4.78 is 5.23. The van der Waals surface area contributed by atoms with Gasteiger partial charge in [-0.05, 0) is 27.5 Å². The summed E-state index contributed by atoms with van der Waals surface area (Å²) in [6.07, 6.45) is -2.18. The van der Waals surface area contributed by atoms with E-state index in [2.05, 4.69) is 10.1 Å². The normalized spacial score (nSPS) is 12.8. The molecule has 0 aliphatic heterocycles. The molecule has 0 saturated heterocycles. The molecule has 29 heavy (non-hydrogen) atoms. The third-order valence-corrected chi connectivity index (χ3v) is 4.61. The van der Waals surface area contributed by atoms with Gasteiger partial charge in [-0.25, -0.2) is 4.79 Å². The highest BCUT2D eigenvalue weighted by Gasteiger charge is 2.38. The Balaban J connectivity index is 1.82. The smallest absolute Gasteiger partial charge is 0.481 e. The lowest BCUT2D eigenvalue weighted by Crippen LogP contribution is -2.43. The third-order valence-electron chi connectivity index (χ3n) is 4.61. The SMILES string of the molecule is [N-]=[N+]=NN(C(=O)OCC1c2ccccc2-c2ccccc21)[C@@H](CC(=O)O)C(=O)O. The zero-order valence-corrected chi connectivity index (χ0v) is 15.0. The maximum Gasteiger partial charge on any atom is 0.511 e. The number of carboxylic acid groups (broad SMARTS) is 2. The molecule has 0 radical (unpaired) electrons. The molecular weight excluding hydrogens is 380 g/mol. The lowest BCUT2D eigenvalue weighted by molar-refractivity contribution is -0.149. The van der Waals surface area contributed by atoms with Gasteiger partial charge in [0, 0.05) is 5.92 Å². The number of carbonyl (C=O) groups excluding carboxylic acids is 1. The first-order valence-electron chi connectivity index (χ1n) is 8.57. The number of rotatable bonds is 7. The van der Waals surface area contributed by atoms with E-state index in [1.54, 1.807) is 0 Å². The molecule has 0 aromatic heterocycles. The number of azide groups is 1. The van der Waals surface area contributed by atoms with Crippen molar-refractivity contribution < 1.29 is 29.3 Å². The van der Waals surface area contributed by atoms with E-state index in [0.29, 0.717) is 0 Å². The van der Waals surface area contributed by atoms with Gasteiger partial charge in [-0.1, -0.05) is 48.5 Å². The van der Waals surface area contributed by atoms with Crippen LogP contribution in [0.4, 0.5) is 4.79 Å². The number of aliphatic carboxylic acids is 2. The average Bonchev–Trinajstić information content (AvgIpc) is 3.02. The lowest BCUT2D eigenvalue weighted by atomic mass is 9.98. The Morgan fingerprint density at radius 3 is 2.10 bits per heavy atom. The van der Waals surface area contributed by atoms with Crippen molar-refractivity contribution in [3.63, 3.8) is 0 Å². The zero-order valence-electron chi connectivity index (χ0n) is 15.0. The number of amides is 1. The third kappa shape index (κ3) is 3.97. The summed E-state index contributed by atoms with van der Waals surface area (Å²) in [5, 5.41) is 21.3. The second-order valence-electron chi connectivity index (χ2n) is 6.28. The van der Waals surface area contributed by atoms with Crippen LogP contribution in [-0.2, 0) is 14.3 Å². The molecule has 0 saturated carbocycles. The molecule has 0 fully saturated rings. The van der Waals surface area contributed by atoms with Gasteiger partial charge >= 0.3 is 18.0 Å². The minimum absolute atomic E-state index is 0.135. The maximum absolute atomic E-state index is 12.4. The van der Waals surface area contributed by atoms with E-state index in [-0.39, 0.29) is 17.5 Å². The summed E-state index contributed by atoms with van der Waals surface area (Å²) in [6, 6.07) is 13.4. The summed E-state index contributed by atoms with van der Waals surface area (Å²) >= 11 is 0. The van der Waals surface area contributed by atoms with Crippen molar-refractivity contribution in [3.8, 4) is 11.1 Å². The quantitative estimate of drug-likeness (QED) is 0.316. The summed E-state index contributed by atoms with van der Waals surface area (Å²) in [7, 11) is 0.